The van der Waals surface area contributed by atoms with Gasteiger partial charge in [-0.3, -0.25) is 0 Å². The third-order valence-electron chi connectivity index (χ3n) is 2.29. The molecule has 94 valence electrons. The second kappa shape index (κ2) is 5.98. The summed E-state index contributed by atoms with van der Waals surface area (Å²) in [5.41, 5.74) is 0.735. The zero-order valence-corrected chi connectivity index (χ0v) is 10.4. The van der Waals surface area contributed by atoms with E-state index in [4.69, 9.17) is 9.47 Å². The van der Waals surface area contributed by atoms with Crippen LogP contribution in [0, 0.1) is 0 Å². The van der Waals surface area contributed by atoms with Crippen LogP contribution < -0.4 is 14.8 Å². The maximum atomic E-state index is 11.3. The number of benzene rings is 1. The molecule has 0 spiro atoms. The number of esters is 1. The van der Waals surface area contributed by atoms with E-state index in [1.165, 1.54) is 7.11 Å². The van der Waals surface area contributed by atoms with Gasteiger partial charge in [0.2, 0.25) is 0 Å². The average molecular weight is 239 g/mol. The first-order chi connectivity index (χ1) is 8.10. The summed E-state index contributed by atoms with van der Waals surface area (Å²) in [5.74, 6) is 0.986. The first-order valence-corrected chi connectivity index (χ1v) is 5.18. The number of methoxy groups -OCH3 is 3. The van der Waals surface area contributed by atoms with Gasteiger partial charge in [-0.2, -0.15) is 0 Å². The molecule has 0 aromatic heterocycles. The Hall–Kier alpha value is -1.91. The van der Waals surface area contributed by atoms with Gasteiger partial charge in [0.05, 0.1) is 21.3 Å². The topological polar surface area (TPSA) is 56.8 Å². The maximum Gasteiger partial charge on any atom is 0.327 e. The van der Waals surface area contributed by atoms with E-state index in [-0.39, 0.29) is 5.97 Å². The van der Waals surface area contributed by atoms with Crippen LogP contribution in [0.1, 0.15) is 6.92 Å². The summed E-state index contributed by atoms with van der Waals surface area (Å²) in [6.07, 6.45) is 0. The van der Waals surface area contributed by atoms with E-state index in [9.17, 15) is 4.79 Å². The highest BCUT2D eigenvalue weighted by Gasteiger charge is 2.13. The quantitative estimate of drug-likeness (QED) is 0.792. The molecule has 1 atom stereocenters. The first kappa shape index (κ1) is 13.2. The van der Waals surface area contributed by atoms with Gasteiger partial charge in [-0.15, -0.1) is 0 Å². The molecule has 0 aliphatic heterocycles. The van der Waals surface area contributed by atoms with Crippen LogP contribution in [0.4, 0.5) is 5.69 Å². The van der Waals surface area contributed by atoms with Gasteiger partial charge in [0.1, 0.15) is 17.5 Å². The molecule has 0 radical (unpaired) electrons. The number of ether oxygens (including phenoxy) is 3. The minimum atomic E-state index is -0.434. The lowest BCUT2D eigenvalue weighted by Gasteiger charge is -2.14. The molecule has 0 amide bonds. The SMILES string of the molecule is COC(=O)C(C)Nc1cc(OC)cc(OC)c1. The van der Waals surface area contributed by atoms with E-state index in [1.54, 1.807) is 39.3 Å². The minimum Gasteiger partial charge on any atom is -0.497 e. The molecule has 0 saturated heterocycles. The van der Waals surface area contributed by atoms with Crippen LogP contribution in [-0.2, 0) is 9.53 Å². The number of anilines is 1. The lowest BCUT2D eigenvalue weighted by molar-refractivity contribution is -0.141. The predicted octanol–water partition coefficient (Wildman–Crippen LogP) is 1.68. The summed E-state index contributed by atoms with van der Waals surface area (Å²) < 4.78 is 14.9. The molecule has 1 rings (SSSR count). The van der Waals surface area contributed by atoms with Crippen molar-refractivity contribution < 1.29 is 19.0 Å². The third kappa shape index (κ3) is 3.55. The summed E-state index contributed by atoms with van der Waals surface area (Å²) in [6, 6.07) is 4.88. The van der Waals surface area contributed by atoms with Crippen molar-refractivity contribution >= 4 is 11.7 Å². The lowest BCUT2D eigenvalue weighted by Crippen LogP contribution is -2.27. The van der Waals surface area contributed by atoms with E-state index in [1.807, 2.05) is 0 Å². The zero-order chi connectivity index (χ0) is 12.8. The molecule has 0 aliphatic rings. The molecule has 1 aromatic rings. The van der Waals surface area contributed by atoms with E-state index in [0.717, 1.165) is 5.69 Å². The van der Waals surface area contributed by atoms with Gasteiger partial charge < -0.3 is 19.5 Å². The number of rotatable bonds is 5. The Kier molecular flexibility index (Phi) is 4.63. The van der Waals surface area contributed by atoms with E-state index < -0.39 is 6.04 Å². The van der Waals surface area contributed by atoms with Crippen molar-refractivity contribution in [2.75, 3.05) is 26.6 Å². The Morgan fingerprint density at radius 1 is 1.12 bits per heavy atom. The molecular weight excluding hydrogens is 222 g/mol. The van der Waals surface area contributed by atoms with Crippen LogP contribution in [-0.4, -0.2) is 33.3 Å². The van der Waals surface area contributed by atoms with Gasteiger partial charge in [-0.1, -0.05) is 0 Å². The second-order valence-electron chi connectivity index (χ2n) is 3.49. The molecule has 0 heterocycles. The monoisotopic (exact) mass is 239 g/mol. The van der Waals surface area contributed by atoms with Crippen molar-refractivity contribution in [1.29, 1.82) is 0 Å². The zero-order valence-electron chi connectivity index (χ0n) is 10.4. The number of carbonyl (C=O) groups is 1. The van der Waals surface area contributed by atoms with E-state index >= 15 is 0 Å². The second-order valence-corrected chi connectivity index (χ2v) is 3.49. The van der Waals surface area contributed by atoms with Gasteiger partial charge in [-0.05, 0) is 6.92 Å². The summed E-state index contributed by atoms with van der Waals surface area (Å²) in [5, 5.41) is 3.01. The van der Waals surface area contributed by atoms with Crippen LogP contribution in [0.25, 0.3) is 0 Å². The standard InChI is InChI=1S/C12H17NO4/c1-8(12(14)17-4)13-9-5-10(15-2)7-11(6-9)16-3/h5-8,13H,1-4H3. The molecule has 5 heteroatoms. The van der Waals surface area contributed by atoms with Gasteiger partial charge in [-0.25, -0.2) is 4.79 Å². The van der Waals surface area contributed by atoms with E-state index in [2.05, 4.69) is 10.1 Å². The van der Waals surface area contributed by atoms with Crippen LogP contribution in [0.3, 0.4) is 0 Å². The number of nitrogens with one attached hydrogen (secondary N) is 1. The third-order valence-corrected chi connectivity index (χ3v) is 2.29. The van der Waals surface area contributed by atoms with Crippen molar-refractivity contribution in [1.82, 2.24) is 0 Å². The molecule has 1 unspecified atom stereocenters. The molecule has 17 heavy (non-hydrogen) atoms. The minimum absolute atomic E-state index is 0.327. The lowest BCUT2D eigenvalue weighted by atomic mass is 10.2. The highest BCUT2D eigenvalue weighted by molar-refractivity contribution is 5.78. The van der Waals surface area contributed by atoms with Crippen LogP contribution >= 0.6 is 0 Å². The largest absolute Gasteiger partial charge is 0.497 e. The normalized spacial score (nSPS) is 11.5. The molecular formula is C12H17NO4. The van der Waals surface area contributed by atoms with Gasteiger partial charge in [0, 0.05) is 23.9 Å². The molecule has 1 aromatic carbocycles. The fourth-order valence-corrected chi connectivity index (χ4v) is 1.38. The smallest absolute Gasteiger partial charge is 0.327 e. The fourth-order valence-electron chi connectivity index (χ4n) is 1.38. The Bertz CT molecular complexity index is 370. The highest BCUT2D eigenvalue weighted by atomic mass is 16.5. The molecule has 0 fully saturated rings. The Balaban J connectivity index is 2.86. The molecule has 0 saturated carbocycles. The number of hydrogen-bond donors (Lipinski definition) is 1. The molecule has 5 nitrogen and oxygen atoms in total. The Labute approximate surface area is 101 Å². The summed E-state index contributed by atoms with van der Waals surface area (Å²) in [4.78, 5) is 11.3. The van der Waals surface area contributed by atoms with Crippen molar-refractivity contribution in [2.45, 2.75) is 13.0 Å². The van der Waals surface area contributed by atoms with Crippen LogP contribution in [0.15, 0.2) is 18.2 Å². The number of carbonyl (C=O) groups excluding carboxylic acids is 1. The maximum absolute atomic E-state index is 11.3. The molecule has 0 aliphatic carbocycles. The summed E-state index contributed by atoms with van der Waals surface area (Å²) >= 11 is 0. The average Bonchev–Trinajstić information content (AvgIpc) is 2.36. The highest BCUT2D eigenvalue weighted by Crippen LogP contribution is 2.26. The van der Waals surface area contributed by atoms with Crippen molar-refractivity contribution in [2.24, 2.45) is 0 Å². The van der Waals surface area contributed by atoms with Crippen LogP contribution in [0.2, 0.25) is 0 Å². The van der Waals surface area contributed by atoms with Crippen LogP contribution in [0.5, 0.6) is 11.5 Å². The summed E-state index contributed by atoms with van der Waals surface area (Å²) in [7, 11) is 4.50. The Morgan fingerprint density at radius 2 is 1.65 bits per heavy atom. The first-order valence-electron chi connectivity index (χ1n) is 5.18. The van der Waals surface area contributed by atoms with Crippen molar-refractivity contribution in [3.05, 3.63) is 18.2 Å². The van der Waals surface area contributed by atoms with Crippen molar-refractivity contribution in [3.63, 3.8) is 0 Å². The molecule has 1 N–H and O–H groups in total. The Morgan fingerprint density at radius 3 is 2.06 bits per heavy atom. The van der Waals surface area contributed by atoms with Gasteiger partial charge in [0.15, 0.2) is 0 Å². The number of hydrogen-bond acceptors (Lipinski definition) is 5. The van der Waals surface area contributed by atoms with E-state index in [0.29, 0.717) is 11.5 Å². The fraction of sp³-hybridized carbons (Fsp3) is 0.417. The van der Waals surface area contributed by atoms with Gasteiger partial charge >= 0.3 is 5.97 Å². The summed E-state index contributed by atoms with van der Waals surface area (Å²) in [6.45, 7) is 1.72. The van der Waals surface area contributed by atoms with Gasteiger partial charge in [0.25, 0.3) is 0 Å². The molecule has 0 bridgehead atoms. The predicted molar refractivity (Wildman–Crippen MR) is 64.6 cm³/mol. The van der Waals surface area contributed by atoms with Crippen molar-refractivity contribution in [3.8, 4) is 11.5 Å².